The van der Waals surface area contributed by atoms with Crippen LogP contribution in [0.15, 0.2) is 33.8 Å². The largest absolute Gasteiger partial charge is 0.524 e. The molecule has 2 aromatic rings. The van der Waals surface area contributed by atoms with Gasteiger partial charge in [-0.15, -0.1) is 0 Å². The van der Waals surface area contributed by atoms with Gasteiger partial charge in [-0.2, -0.15) is 9.97 Å². The molecule has 2 aromatic heterocycles. The van der Waals surface area contributed by atoms with E-state index in [4.69, 9.17) is 0 Å². The van der Waals surface area contributed by atoms with Crippen molar-refractivity contribution in [2.45, 2.75) is 0 Å². The van der Waals surface area contributed by atoms with Crippen molar-refractivity contribution in [2.75, 3.05) is 0 Å². The predicted octanol–water partition coefficient (Wildman–Crippen LogP) is 1.78. The second kappa shape index (κ2) is 6.38. The lowest BCUT2D eigenvalue weighted by atomic mass is 11.0. The summed E-state index contributed by atoms with van der Waals surface area (Å²) < 4.78 is 37.2. The molecule has 0 spiro atoms. The Hall–Kier alpha value is -2.81. The quantitative estimate of drug-likeness (QED) is 0.602. The van der Waals surface area contributed by atoms with E-state index in [-0.39, 0.29) is 0 Å². The van der Waals surface area contributed by atoms with Crippen LogP contribution < -0.4 is 9.47 Å². The topological polar surface area (TPSA) is 140 Å². The predicted molar refractivity (Wildman–Crippen MR) is 56.2 cm³/mol. The maximum atomic E-state index is 11.2. The molecule has 0 bridgehead atoms. The van der Waals surface area contributed by atoms with Gasteiger partial charge in [0.05, 0.1) is 12.4 Å². The molecule has 0 aromatic carbocycles. The van der Waals surface area contributed by atoms with Crippen molar-refractivity contribution in [1.29, 1.82) is 0 Å². The zero-order chi connectivity index (χ0) is 14.4. The van der Waals surface area contributed by atoms with Gasteiger partial charge in [0.25, 0.3) is 0 Å². The van der Waals surface area contributed by atoms with Gasteiger partial charge in [0.15, 0.2) is 0 Å². The van der Waals surface area contributed by atoms with Crippen LogP contribution >= 0.6 is 8.25 Å². The van der Waals surface area contributed by atoms with Gasteiger partial charge in [0.2, 0.25) is 0 Å². The molecule has 0 fully saturated rings. The van der Waals surface area contributed by atoms with Crippen molar-refractivity contribution in [3.05, 3.63) is 24.9 Å². The third kappa shape index (κ3) is 4.14. The maximum Gasteiger partial charge on any atom is 0.524 e. The first-order valence-electron chi connectivity index (χ1n) is 4.76. The second-order valence-corrected chi connectivity index (χ2v) is 3.66. The SMILES string of the molecule is O=C(Oc1ncco1)O[PH](=O)OC(=O)Oc1ncco1. The molecule has 106 valence electrons. The summed E-state index contributed by atoms with van der Waals surface area (Å²) in [4.78, 5) is 29.0. The lowest BCUT2D eigenvalue weighted by Gasteiger charge is -2.03. The third-order valence-electron chi connectivity index (χ3n) is 1.49. The van der Waals surface area contributed by atoms with Crippen LogP contribution in [0.5, 0.6) is 12.2 Å². The van der Waals surface area contributed by atoms with Crippen LogP contribution in [0, 0.1) is 0 Å². The van der Waals surface area contributed by atoms with Crippen LogP contribution in [0.3, 0.4) is 0 Å². The molecule has 0 atom stereocenters. The summed E-state index contributed by atoms with van der Waals surface area (Å²) in [6.07, 6.45) is 0.970. The molecule has 0 unspecified atom stereocenters. The zero-order valence-electron chi connectivity index (χ0n) is 9.38. The summed E-state index contributed by atoms with van der Waals surface area (Å²) in [5.74, 6) is 0. The number of nitrogens with zero attached hydrogens (tertiary/aromatic N) is 2. The van der Waals surface area contributed by atoms with Crippen molar-refractivity contribution >= 4 is 20.6 Å². The van der Waals surface area contributed by atoms with E-state index in [9.17, 15) is 14.2 Å². The van der Waals surface area contributed by atoms with E-state index in [2.05, 4.69) is 37.3 Å². The lowest BCUT2D eigenvalue weighted by molar-refractivity contribution is 0.119. The first-order chi connectivity index (χ1) is 9.63. The summed E-state index contributed by atoms with van der Waals surface area (Å²) >= 11 is 0. The number of aromatic nitrogens is 2. The molecule has 0 saturated carbocycles. The third-order valence-corrected chi connectivity index (χ3v) is 2.16. The second-order valence-electron chi connectivity index (χ2n) is 2.75. The van der Waals surface area contributed by atoms with Crippen molar-refractivity contribution in [3.63, 3.8) is 0 Å². The highest BCUT2D eigenvalue weighted by Crippen LogP contribution is 2.26. The van der Waals surface area contributed by atoms with E-state index in [0.29, 0.717) is 0 Å². The number of carbonyl (C=O) groups excluding carboxylic acids is 2. The van der Waals surface area contributed by atoms with Gasteiger partial charge in [-0.05, 0) is 0 Å². The van der Waals surface area contributed by atoms with Crippen molar-refractivity contribution in [2.24, 2.45) is 0 Å². The number of hydrogen-bond donors (Lipinski definition) is 0. The van der Waals surface area contributed by atoms with Crippen LogP contribution in [-0.4, -0.2) is 22.3 Å². The first kappa shape index (κ1) is 13.6. The Bertz CT molecular complexity index is 541. The molecule has 2 rings (SSSR count). The fraction of sp³-hybridized carbons (Fsp3) is 0. The molecule has 0 saturated heterocycles. The minimum Gasteiger partial charge on any atom is -0.417 e. The fourth-order valence-corrected chi connectivity index (χ4v) is 1.26. The smallest absolute Gasteiger partial charge is 0.417 e. The van der Waals surface area contributed by atoms with Crippen LogP contribution in [0.2, 0.25) is 0 Å². The Morgan fingerprint density at radius 1 is 0.950 bits per heavy atom. The zero-order valence-corrected chi connectivity index (χ0v) is 10.4. The number of rotatable bonds is 4. The normalized spacial score (nSPS) is 10.1. The fourth-order valence-electron chi connectivity index (χ4n) is 0.863. The highest BCUT2D eigenvalue weighted by molar-refractivity contribution is 7.34. The Labute approximate surface area is 110 Å². The molecular weight excluding hydrogens is 299 g/mol. The summed E-state index contributed by atoms with van der Waals surface area (Å²) in [7, 11) is -3.53. The summed E-state index contributed by atoms with van der Waals surface area (Å²) in [6, 6.07) is 0. The highest BCUT2D eigenvalue weighted by atomic mass is 31.1. The van der Waals surface area contributed by atoms with E-state index >= 15 is 0 Å². The van der Waals surface area contributed by atoms with Gasteiger partial charge < -0.3 is 27.4 Å². The van der Waals surface area contributed by atoms with Gasteiger partial charge in [-0.3, -0.25) is 0 Å². The minimum atomic E-state index is -3.53. The van der Waals surface area contributed by atoms with Crippen LogP contribution in [-0.2, 0) is 13.6 Å². The molecule has 20 heavy (non-hydrogen) atoms. The number of oxazole rings is 2. The van der Waals surface area contributed by atoms with Gasteiger partial charge in [-0.25, -0.2) is 14.2 Å². The van der Waals surface area contributed by atoms with E-state index in [1.54, 1.807) is 0 Å². The van der Waals surface area contributed by atoms with Gasteiger partial charge in [-0.1, -0.05) is 0 Å². The Morgan fingerprint density at radius 2 is 1.40 bits per heavy atom. The monoisotopic (exact) mass is 304 g/mol. The average Bonchev–Trinajstić information content (AvgIpc) is 3.01. The summed E-state index contributed by atoms with van der Waals surface area (Å²) in [5, 5.41) is 0. The molecular formula is C8H5N2O9P. The van der Waals surface area contributed by atoms with Crippen LogP contribution in [0.4, 0.5) is 9.59 Å². The minimum absolute atomic E-state index is 0.424. The van der Waals surface area contributed by atoms with E-state index in [0.717, 1.165) is 12.5 Å². The standard InChI is InChI=1S/C8H5N2O9P/c11-7(16-5-9-1-3-14-5)18-20(13)19-8(12)17-6-10-2-4-15-6/h1-4,20H. The van der Waals surface area contributed by atoms with Gasteiger partial charge >= 0.3 is 32.7 Å². The molecule has 2 heterocycles. The first-order valence-corrected chi connectivity index (χ1v) is 5.98. The highest BCUT2D eigenvalue weighted by Gasteiger charge is 2.19. The molecule has 0 radical (unpaired) electrons. The van der Waals surface area contributed by atoms with Crippen molar-refractivity contribution in [3.8, 4) is 12.2 Å². The Balaban J connectivity index is 1.74. The van der Waals surface area contributed by atoms with Gasteiger partial charge in [0.1, 0.15) is 12.5 Å². The molecule has 0 aliphatic carbocycles. The number of carbonyl (C=O) groups is 2. The van der Waals surface area contributed by atoms with Crippen LogP contribution in [0.1, 0.15) is 0 Å². The maximum absolute atomic E-state index is 11.2. The number of hydrogen-bond acceptors (Lipinski definition) is 11. The summed E-state index contributed by atoms with van der Waals surface area (Å²) in [5.41, 5.74) is 0. The Morgan fingerprint density at radius 3 is 1.75 bits per heavy atom. The molecule has 0 amide bonds. The molecule has 0 N–H and O–H groups in total. The average molecular weight is 304 g/mol. The van der Waals surface area contributed by atoms with Crippen LogP contribution in [0.25, 0.3) is 0 Å². The molecule has 11 nitrogen and oxygen atoms in total. The molecule has 0 aliphatic rings. The summed E-state index contributed by atoms with van der Waals surface area (Å²) in [6.45, 7) is 0. The molecule has 12 heteroatoms. The van der Waals surface area contributed by atoms with E-state index in [1.807, 2.05) is 0 Å². The van der Waals surface area contributed by atoms with E-state index in [1.165, 1.54) is 12.4 Å². The lowest BCUT2D eigenvalue weighted by Crippen LogP contribution is -2.10. The number of ether oxygens (including phenoxy) is 2. The van der Waals surface area contributed by atoms with Gasteiger partial charge in [0, 0.05) is 0 Å². The van der Waals surface area contributed by atoms with E-state index < -0.39 is 32.7 Å². The van der Waals surface area contributed by atoms with Crippen molar-refractivity contribution < 1.29 is 41.5 Å². The molecule has 0 aliphatic heterocycles. The Kier molecular flexibility index (Phi) is 4.35. The van der Waals surface area contributed by atoms with Crippen molar-refractivity contribution in [1.82, 2.24) is 9.97 Å².